The monoisotopic (exact) mass is 455 g/mol. The summed E-state index contributed by atoms with van der Waals surface area (Å²) in [6.45, 7) is 1.41. The van der Waals surface area contributed by atoms with Crippen LogP contribution >= 0.6 is 0 Å². The van der Waals surface area contributed by atoms with Gasteiger partial charge in [-0.2, -0.15) is 0 Å². The molecule has 180 valence electrons. The van der Waals surface area contributed by atoms with Crippen molar-refractivity contribution in [3.05, 3.63) is 34.1 Å². The largest absolute Gasteiger partial charge is 0.497 e. The van der Waals surface area contributed by atoms with Crippen molar-refractivity contribution < 1.29 is 9.53 Å². The van der Waals surface area contributed by atoms with E-state index in [4.69, 9.17) is 10.1 Å². The lowest BCUT2D eigenvalue weighted by Gasteiger charge is -2.29. The van der Waals surface area contributed by atoms with Gasteiger partial charge in [0.2, 0.25) is 5.91 Å². The Balaban J connectivity index is 1.62. The van der Waals surface area contributed by atoms with Crippen molar-refractivity contribution in [2.24, 2.45) is 7.05 Å². The summed E-state index contributed by atoms with van der Waals surface area (Å²) in [6.07, 6.45) is 10.1. The van der Waals surface area contributed by atoms with Gasteiger partial charge in [0.1, 0.15) is 5.75 Å². The lowest BCUT2D eigenvalue weighted by molar-refractivity contribution is -0.119. The van der Waals surface area contributed by atoms with E-state index in [1.54, 1.807) is 26.3 Å². The van der Waals surface area contributed by atoms with E-state index >= 15 is 0 Å². The van der Waals surface area contributed by atoms with Crippen LogP contribution in [-0.4, -0.2) is 61.4 Å². The first-order chi connectivity index (χ1) is 16.0. The van der Waals surface area contributed by atoms with E-state index in [2.05, 4.69) is 22.6 Å². The second kappa shape index (κ2) is 11.8. The molecule has 33 heavy (non-hydrogen) atoms. The average Bonchev–Trinajstić information content (AvgIpc) is 2.79. The summed E-state index contributed by atoms with van der Waals surface area (Å²) < 4.78 is 6.84. The number of carbonyl (C=O) groups excluding carboxylic acids is 1. The van der Waals surface area contributed by atoms with Gasteiger partial charge in [0.15, 0.2) is 0 Å². The van der Waals surface area contributed by atoms with Crippen molar-refractivity contribution in [1.29, 1.82) is 5.41 Å². The molecule has 0 saturated heterocycles. The molecule has 2 aromatic rings. The molecule has 1 aromatic heterocycles. The summed E-state index contributed by atoms with van der Waals surface area (Å²) in [6, 6.07) is 6.00. The molecule has 0 bridgehead atoms. The molecule has 8 nitrogen and oxygen atoms in total. The Morgan fingerprint density at radius 1 is 1.24 bits per heavy atom. The van der Waals surface area contributed by atoms with Gasteiger partial charge in [-0.15, -0.1) is 0 Å². The van der Waals surface area contributed by atoms with Gasteiger partial charge in [-0.25, -0.2) is 0 Å². The Morgan fingerprint density at radius 2 is 1.94 bits per heavy atom. The number of carbonyl (C=O) groups is 1. The maximum absolute atomic E-state index is 12.7. The van der Waals surface area contributed by atoms with E-state index < -0.39 is 0 Å². The molecule has 0 radical (unpaired) electrons. The van der Waals surface area contributed by atoms with Crippen LogP contribution in [0.2, 0.25) is 0 Å². The Labute approximate surface area is 195 Å². The fourth-order valence-corrected chi connectivity index (χ4v) is 4.66. The molecule has 0 aliphatic heterocycles. The first-order valence-electron chi connectivity index (χ1n) is 11.9. The minimum absolute atomic E-state index is 0.0213. The van der Waals surface area contributed by atoms with Gasteiger partial charge in [-0.3, -0.25) is 9.59 Å². The maximum atomic E-state index is 12.7. The smallest absolute Gasteiger partial charge is 0.261 e. The van der Waals surface area contributed by atoms with Crippen LogP contribution in [0.5, 0.6) is 5.75 Å². The number of nitrogens with zero attached hydrogens (tertiary/aromatic N) is 2. The molecule has 1 saturated carbocycles. The number of aryl methyl sites for hydroxylation is 1. The number of fused-ring (bicyclic) bond motifs is 1. The Hall–Kier alpha value is -2.87. The molecule has 3 N–H and O–H groups in total. The number of nitrogens with one attached hydrogen (secondary N) is 3. The summed E-state index contributed by atoms with van der Waals surface area (Å²) in [4.78, 5) is 27.6. The van der Waals surface area contributed by atoms with Crippen LogP contribution < -0.4 is 20.9 Å². The Bertz CT molecular complexity index is 1020. The van der Waals surface area contributed by atoms with Crippen molar-refractivity contribution in [2.75, 3.05) is 39.1 Å². The maximum Gasteiger partial charge on any atom is 0.261 e. The number of aromatic nitrogens is 1. The number of rotatable bonds is 9. The van der Waals surface area contributed by atoms with Crippen LogP contribution in [0.15, 0.2) is 23.0 Å². The highest BCUT2D eigenvalue weighted by Gasteiger charge is 2.17. The van der Waals surface area contributed by atoms with Crippen molar-refractivity contribution in [3.8, 4) is 5.75 Å². The van der Waals surface area contributed by atoms with Crippen molar-refractivity contribution in [3.63, 3.8) is 0 Å². The molecule has 1 aliphatic carbocycles. The molecule has 0 spiro atoms. The number of methoxy groups -OCH3 is 1. The van der Waals surface area contributed by atoms with Crippen LogP contribution in [0.3, 0.4) is 0 Å². The van der Waals surface area contributed by atoms with Crippen LogP contribution in [-0.2, 0) is 11.8 Å². The topological polar surface area (TPSA) is 99.5 Å². The number of pyridine rings is 1. The van der Waals surface area contributed by atoms with E-state index in [9.17, 15) is 9.59 Å². The van der Waals surface area contributed by atoms with Crippen LogP contribution in [0.4, 0.5) is 5.69 Å². The number of hydrogen-bond acceptors (Lipinski definition) is 6. The predicted molar refractivity (Wildman–Crippen MR) is 134 cm³/mol. The van der Waals surface area contributed by atoms with Crippen LogP contribution in [0.25, 0.3) is 10.9 Å². The first kappa shape index (κ1) is 24.8. The minimum Gasteiger partial charge on any atom is -0.497 e. The highest BCUT2D eigenvalue weighted by atomic mass is 16.5. The third-order valence-electron chi connectivity index (χ3n) is 6.69. The number of benzene rings is 1. The molecule has 1 amide bonds. The normalized spacial score (nSPS) is 15.2. The Morgan fingerprint density at radius 3 is 2.61 bits per heavy atom. The van der Waals surface area contributed by atoms with Crippen molar-refractivity contribution in [2.45, 2.75) is 51.0 Å². The summed E-state index contributed by atoms with van der Waals surface area (Å²) in [5.41, 5.74) is 1.11. The summed E-state index contributed by atoms with van der Waals surface area (Å²) in [5, 5.41) is 14.6. The van der Waals surface area contributed by atoms with Gasteiger partial charge >= 0.3 is 0 Å². The SMILES string of the molecule is COc1ccc2c(c1)c(NCC(=O)NCCN(C)C1CCCCCCC1)c(C=N)c(=O)n2C. The van der Waals surface area contributed by atoms with Crippen molar-refractivity contribution in [1.82, 2.24) is 14.8 Å². The second-order valence-electron chi connectivity index (χ2n) is 8.86. The molecule has 8 heteroatoms. The highest BCUT2D eigenvalue weighted by molar-refractivity contribution is 6.02. The number of anilines is 1. The lowest BCUT2D eigenvalue weighted by Crippen LogP contribution is -2.40. The zero-order valence-corrected chi connectivity index (χ0v) is 20.1. The van der Waals surface area contributed by atoms with Gasteiger partial charge in [0.05, 0.1) is 30.4 Å². The molecule has 1 aliphatic rings. The van der Waals surface area contributed by atoms with Crippen LogP contribution in [0.1, 0.15) is 50.5 Å². The fraction of sp³-hybridized carbons (Fsp3) is 0.560. The molecule has 3 rings (SSSR count). The van der Waals surface area contributed by atoms with E-state index in [0.717, 1.165) is 18.1 Å². The molecular weight excluding hydrogens is 418 g/mol. The summed E-state index contributed by atoms with van der Waals surface area (Å²) >= 11 is 0. The summed E-state index contributed by atoms with van der Waals surface area (Å²) in [5.74, 6) is 0.496. The van der Waals surface area contributed by atoms with Gasteiger partial charge in [-0.05, 0) is 38.1 Å². The second-order valence-corrected chi connectivity index (χ2v) is 8.86. The van der Waals surface area contributed by atoms with Gasteiger partial charge in [0, 0.05) is 37.8 Å². The minimum atomic E-state index is -0.286. The molecular formula is C25H37N5O3. The van der Waals surface area contributed by atoms with Crippen LogP contribution in [0, 0.1) is 5.41 Å². The fourth-order valence-electron chi connectivity index (χ4n) is 4.66. The van der Waals surface area contributed by atoms with Gasteiger partial charge in [-0.1, -0.05) is 32.1 Å². The molecule has 1 fully saturated rings. The highest BCUT2D eigenvalue weighted by Crippen LogP contribution is 2.28. The van der Waals surface area contributed by atoms with E-state index in [1.165, 1.54) is 49.5 Å². The quantitative estimate of drug-likeness (QED) is 0.505. The molecule has 0 atom stereocenters. The molecule has 0 unspecified atom stereocenters. The molecule has 1 heterocycles. The zero-order chi connectivity index (χ0) is 23.8. The van der Waals surface area contributed by atoms with Crippen molar-refractivity contribution >= 4 is 28.7 Å². The Kier molecular flexibility index (Phi) is 8.88. The average molecular weight is 456 g/mol. The number of amides is 1. The number of hydrogen-bond donors (Lipinski definition) is 3. The first-order valence-corrected chi connectivity index (χ1v) is 11.9. The van der Waals surface area contributed by atoms with Gasteiger partial charge < -0.3 is 30.2 Å². The van der Waals surface area contributed by atoms with Gasteiger partial charge in [0.25, 0.3) is 5.56 Å². The van der Waals surface area contributed by atoms with E-state index in [1.807, 2.05) is 6.07 Å². The zero-order valence-electron chi connectivity index (χ0n) is 20.1. The standard InChI is InChI=1S/C25H37N5O3/c1-29(18-9-7-5-4-6-8-10-18)14-13-27-23(31)17-28-24-20-15-19(33-3)11-12-22(20)30(2)25(32)21(24)16-26/h11-12,15-16,18,26,28H,4-10,13-14,17H2,1-3H3,(H,27,31). The predicted octanol–water partition coefficient (Wildman–Crippen LogP) is 3.12. The number of likely N-dealkylation sites (N-methyl/N-ethyl adjacent to an activating group) is 1. The van der Waals surface area contributed by atoms with E-state index in [-0.39, 0.29) is 23.6 Å². The third-order valence-corrected chi connectivity index (χ3v) is 6.69. The van der Waals surface area contributed by atoms with E-state index in [0.29, 0.717) is 29.5 Å². The number of ether oxygens (including phenoxy) is 1. The third kappa shape index (κ3) is 6.13. The molecule has 1 aromatic carbocycles. The summed E-state index contributed by atoms with van der Waals surface area (Å²) in [7, 11) is 5.40. The lowest BCUT2D eigenvalue weighted by atomic mass is 9.96.